The van der Waals surface area contributed by atoms with Crippen molar-refractivity contribution in [1.82, 2.24) is 10.3 Å². The highest BCUT2D eigenvalue weighted by atomic mass is 32.2. The van der Waals surface area contributed by atoms with Gasteiger partial charge in [-0.15, -0.1) is 0 Å². The second-order valence-electron chi connectivity index (χ2n) is 4.11. The van der Waals surface area contributed by atoms with Crippen LogP contribution in [0, 0.1) is 6.92 Å². The summed E-state index contributed by atoms with van der Waals surface area (Å²) in [4.78, 5) is 7.23. The highest BCUT2D eigenvalue weighted by Gasteiger charge is 2.30. The van der Waals surface area contributed by atoms with Crippen molar-refractivity contribution in [3.63, 3.8) is 0 Å². The minimum Gasteiger partial charge on any atom is -0.383 e. The maximum atomic E-state index is 4.52. The quantitative estimate of drug-likeness (QED) is 0.808. The van der Waals surface area contributed by atoms with Gasteiger partial charge in [-0.25, -0.2) is 0 Å². The Kier molecular flexibility index (Phi) is 3.30. The first-order valence-electron chi connectivity index (χ1n) is 5.33. The summed E-state index contributed by atoms with van der Waals surface area (Å²) in [6.07, 6.45) is 1.90. The Morgan fingerprint density at radius 1 is 1.56 bits per heavy atom. The molecule has 0 radical (unpaired) electrons. The van der Waals surface area contributed by atoms with Gasteiger partial charge in [-0.1, -0.05) is 17.3 Å². The normalized spacial score (nSPS) is 18.2. The maximum absolute atomic E-state index is 4.52. The molecule has 4 heteroatoms. The summed E-state index contributed by atoms with van der Waals surface area (Å²) >= 11 is 1.86. The Labute approximate surface area is 104 Å². The van der Waals surface area contributed by atoms with Crippen molar-refractivity contribution in [1.29, 1.82) is 0 Å². The van der Waals surface area contributed by atoms with E-state index in [4.69, 9.17) is 0 Å². The number of aromatic nitrogens is 1. The van der Waals surface area contributed by atoms with Crippen molar-refractivity contribution < 1.29 is 0 Å². The van der Waals surface area contributed by atoms with E-state index in [1.165, 1.54) is 26.6 Å². The first kappa shape index (κ1) is 11.6. The number of rotatable bonds is 2. The summed E-state index contributed by atoms with van der Waals surface area (Å²) in [7, 11) is 1.82. The Morgan fingerprint density at radius 2 is 2.31 bits per heavy atom. The number of allylic oxidation sites excluding steroid dienone is 1. The Morgan fingerprint density at radius 3 is 2.94 bits per heavy atom. The molecule has 1 aliphatic rings. The smallest absolute Gasteiger partial charge is 0.101 e. The Hall–Kier alpha value is -0.873. The number of fused-ring (bicyclic) bond motifs is 1. The summed E-state index contributed by atoms with van der Waals surface area (Å²) in [5.41, 5.74) is 3.85. The van der Waals surface area contributed by atoms with Crippen LogP contribution in [0.15, 0.2) is 27.6 Å². The third kappa shape index (κ3) is 1.87. The average molecular weight is 248 g/mol. The monoisotopic (exact) mass is 248 g/mol. The highest BCUT2D eigenvalue weighted by Crippen LogP contribution is 2.48. The van der Waals surface area contributed by atoms with E-state index in [1.807, 2.05) is 33.6 Å². The minimum absolute atomic E-state index is 0.252. The average Bonchev–Trinajstić information content (AvgIpc) is 2.60. The van der Waals surface area contributed by atoms with E-state index in [9.17, 15) is 0 Å². The molecule has 0 spiro atoms. The number of hydrogen-bond acceptors (Lipinski definition) is 3. The van der Waals surface area contributed by atoms with Gasteiger partial charge in [-0.3, -0.25) is 4.98 Å². The van der Waals surface area contributed by atoms with E-state index in [2.05, 4.69) is 37.1 Å². The number of hydrogen-bond donors (Lipinski definition) is 1. The van der Waals surface area contributed by atoms with E-state index in [0.717, 1.165) is 0 Å². The van der Waals surface area contributed by atoms with Crippen molar-refractivity contribution in [2.24, 2.45) is 0 Å². The molecular formula is C12H16N2SSi. The first-order valence-corrected chi connectivity index (χ1v) is 6.96. The van der Waals surface area contributed by atoms with Crippen molar-refractivity contribution in [2.45, 2.75) is 31.7 Å². The van der Waals surface area contributed by atoms with E-state index in [1.54, 1.807) is 0 Å². The lowest BCUT2D eigenvalue weighted by atomic mass is 10.1. The number of aryl methyl sites for hydroxylation is 1. The van der Waals surface area contributed by atoms with Gasteiger partial charge in [0.25, 0.3) is 0 Å². The predicted molar refractivity (Wildman–Crippen MR) is 73.7 cm³/mol. The highest BCUT2D eigenvalue weighted by molar-refractivity contribution is 8.03. The molecule has 0 aliphatic carbocycles. The zero-order chi connectivity index (χ0) is 11.7. The molecule has 2 heterocycles. The molecule has 84 valence electrons. The molecule has 2 nitrogen and oxygen atoms in total. The molecule has 0 bridgehead atoms. The molecule has 1 atom stereocenters. The number of nitrogens with one attached hydrogen (secondary N) is 1. The maximum Gasteiger partial charge on any atom is 0.101 e. The van der Waals surface area contributed by atoms with Gasteiger partial charge >= 0.3 is 0 Å². The largest absolute Gasteiger partial charge is 0.383 e. The van der Waals surface area contributed by atoms with Crippen LogP contribution in [-0.4, -0.2) is 20.6 Å². The second kappa shape index (κ2) is 4.55. The predicted octanol–water partition coefficient (Wildman–Crippen LogP) is 1.81. The van der Waals surface area contributed by atoms with Gasteiger partial charge in [0.05, 0.1) is 5.69 Å². The fourth-order valence-corrected chi connectivity index (χ4v) is 3.32. The van der Waals surface area contributed by atoms with Crippen molar-refractivity contribution in [3.05, 3.63) is 34.0 Å². The molecule has 0 saturated heterocycles. The third-order valence-corrected chi connectivity index (χ3v) is 4.49. The van der Waals surface area contributed by atoms with Crippen LogP contribution in [-0.2, 0) is 0 Å². The first-order chi connectivity index (χ1) is 7.65. The van der Waals surface area contributed by atoms with E-state index in [-0.39, 0.29) is 6.04 Å². The van der Waals surface area contributed by atoms with Crippen LogP contribution in [0.25, 0.3) is 0 Å². The fourth-order valence-electron chi connectivity index (χ4n) is 1.86. The molecule has 0 aromatic carbocycles. The van der Waals surface area contributed by atoms with Gasteiger partial charge in [0.15, 0.2) is 0 Å². The zero-order valence-corrected chi connectivity index (χ0v) is 12.1. The summed E-state index contributed by atoms with van der Waals surface area (Å²) in [6, 6.07) is 2.33. The van der Waals surface area contributed by atoms with E-state index < -0.39 is 0 Å². The molecule has 1 aromatic rings. The Bertz CT molecular complexity index is 464. The summed E-state index contributed by atoms with van der Waals surface area (Å²) in [5, 5.41) is 3.41. The van der Waals surface area contributed by atoms with Crippen LogP contribution < -0.4 is 5.32 Å². The SMILES string of the molecule is CC(C)=C1Sc2c(C)ccnc2C1NC=[SiH2]. The third-order valence-electron chi connectivity index (χ3n) is 2.65. The van der Waals surface area contributed by atoms with E-state index in [0.29, 0.717) is 0 Å². The molecule has 1 aromatic heterocycles. The molecule has 1 N–H and O–H groups in total. The summed E-state index contributed by atoms with van der Waals surface area (Å²) in [6.45, 7) is 6.47. The van der Waals surface area contributed by atoms with Crippen LogP contribution in [0.1, 0.15) is 31.1 Å². The molecule has 0 fully saturated rings. The standard InChI is InChI=1S/C12H16N2SSi/c1-7(2)11-9(14-6-16)10-12(15-11)8(3)4-5-13-10/h4-6,9,14H,16H2,1-3H3. The van der Waals surface area contributed by atoms with Gasteiger partial charge in [0, 0.05) is 16.0 Å². The van der Waals surface area contributed by atoms with Crippen molar-refractivity contribution in [2.75, 3.05) is 0 Å². The van der Waals surface area contributed by atoms with Gasteiger partial charge in [-0.2, -0.15) is 0 Å². The van der Waals surface area contributed by atoms with Crippen LogP contribution in [0.5, 0.6) is 0 Å². The lowest BCUT2D eigenvalue weighted by molar-refractivity contribution is 0.751. The molecule has 2 rings (SSSR count). The lowest BCUT2D eigenvalue weighted by Crippen LogP contribution is -2.19. The number of pyridine rings is 1. The summed E-state index contributed by atoms with van der Waals surface area (Å²) < 4.78 is 0. The molecule has 16 heavy (non-hydrogen) atoms. The molecule has 0 saturated carbocycles. The van der Waals surface area contributed by atoms with Crippen molar-refractivity contribution >= 4 is 27.4 Å². The van der Waals surface area contributed by atoms with Gasteiger partial charge in [0.2, 0.25) is 0 Å². The fraction of sp³-hybridized carbons (Fsp3) is 0.333. The van der Waals surface area contributed by atoms with Crippen molar-refractivity contribution in [3.8, 4) is 0 Å². The van der Waals surface area contributed by atoms with Crippen LogP contribution >= 0.6 is 11.8 Å². The molecule has 1 unspecified atom stereocenters. The van der Waals surface area contributed by atoms with Gasteiger partial charge in [-0.05, 0) is 48.1 Å². The van der Waals surface area contributed by atoms with Gasteiger partial charge in [0.1, 0.15) is 6.04 Å². The molecule has 0 amide bonds. The van der Waals surface area contributed by atoms with E-state index >= 15 is 0 Å². The van der Waals surface area contributed by atoms with Gasteiger partial charge < -0.3 is 5.32 Å². The zero-order valence-electron chi connectivity index (χ0n) is 9.87. The van der Waals surface area contributed by atoms with Crippen LogP contribution in [0.4, 0.5) is 0 Å². The number of nitrogens with zero attached hydrogens (tertiary/aromatic N) is 1. The Balaban J connectivity index is 2.53. The van der Waals surface area contributed by atoms with Crippen LogP contribution in [0.2, 0.25) is 0 Å². The minimum atomic E-state index is 0.252. The van der Waals surface area contributed by atoms with Crippen LogP contribution in [0.3, 0.4) is 0 Å². The second-order valence-corrected chi connectivity index (χ2v) is 5.57. The summed E-state index contributed by atoms with van der Waals surface area (Å²) in [5.74, 6) is 2.02. The molecule has 1 aliphatic heterocycles. The molecular weight excluding hydrogens is 232 g/mol. The lowest BCUT2D eigenvalue weighted by Gasteiger charge is -2.13. The number of thioether (sulfide) groups is 1. The topological polar surface area (TPSA) is 24.9 Å².